The molecule has 15 heavy (non-hydrogen) atoms. The van der Waals surface area contributed by atoms with E-state index in [-0.39, 0.29) is 0 Å². The third-order valence-electron chi connectivity index (χ3n) is 2.85. The van der Waals surface area contributed by atoms with Gasteiger partial charge in [0.1, 0.15) is 0 Å². The highest BCUT2D eigenvalue weighted by Crippen LogP contribution is 2.24. The van der Waals surface area contributed by atoms with Crippen LogP contribution in [0.5, 0.6) is 0 Å². The van der Waals surface area contributed by atoms with Gasteiger partial charge in [-0.15, -0.1) is 0 Å². The van der Waals surface area contributed by atoms with E-state index in [2.05, 4.69) is 46.5 Å². The minimum Gasteiger partial charge on any atom is -0.333 e. The molecule has 2 aromatic rings. The Morgan fingerprint density at radius 2 is 2.13 bits per heavy atom. The maximum absolute atomic E-state index is 4.42. The first-order chi connectivity index (χ1) is 7.25. The molecule has 2 heterocycles. The Morgan fingerprint density at radius 1 is 1.33 bits per heavy atom. The molecule has 1 aromatic heterocycles. The summed E-state index contributed by atoms with van der Waals surface area (Å²) >= 11 is 0. The van der Waals surface area contributed by atoms with Crippen LogP contribution in [0.15, 0.2) is 47.6 Å². The van der Waals surface area contributed by atoms with E-state index in [1.165, 1.54) is 16.6 Å². The molecule has 0 unspecified atom stereocenters. The Bertz CT molecular complexity index is 588. The molecule has 0 fully saturated rings. The van der Waals surface area contributed by atoms with Gasteiger partial charge >= 0.3 is 0 Å². The minimum absolute atomic E-state index is 0.806. The van der Waals surface area contributed by atoms with Crippen molar-refractivity contribution in [2.24, 2.45) is 4.99 Å². The Kier molecular flexibility index (Phi) is 1.60. The van der Waals surface area contributed by atoms with E-state index in [9.17, 15) is 0 Å². The molecule has 0 radical (unpaired) electrons. The molecule has 0 atom stereocenters. The van der Waals surface area contributed by atoms with E-state index in [1.54, 1.807) is 0 Å². The van der Waals surface area contributed by atoms with Gasteiger partial charge in [0, 0.05) is 10.9 Å². The fraction of sp³-hybridized carbons (Fsp3) is 0.154. The number of hydrogen-bond acceptors (Lipinski definition) is 1. The number of rotatable bonds is 0. The Balaban J connectivity index is 2.39. The van der Waals surface area contributed by atoms with Crippen LogP contribution in [0.3, 0.4) is 0 Å². The first kappa shape index (κ1) is 8.48. The monoisotopic (exact) mass is 196 g/mol. The van der Waals surface area contributed by atoms with E-state index < -0.39 is 0 Å². The molecule has 2 heteroatoms. The maximum Gasteiger partial charge on any atom is 0.0649 e. The van der Waals surface area contributed by atoms with Crippen molar-refractivity contribution in [3.63, 3.8) is 0 Å². The van der Waals surface area contributed by atoms with E-state index in [1.807, 2.05) is 6.92 Å². The van der Waals surface area contributed by atoms with Crippen LogP contribution in [-0.2, 0) is 6.54 Å². The molecule has 2 nitrogen and oxygen atoms in total. The van der Waals surface area contributed by atoms with Crippen LogP contribution in [0.4, 0.5) is 0 Å². The van der Waals surface area contributed by atoms with Crippen LogP contribution in [-0.4, -0.2) is 10.3 Å². The normalized spacial score (nSPS) is 15.3. The zero-order valence-corrected chi connectivity index (χ0v) is 8.70. The van der Waals surface area contributed by atoms with Gasteiger partial charge in [-0.3, -0.25) is 4.99 Å². The molecule has 0 N–H and O–H groups in total. The zero-order chi connectivity index (χ0) is 10.4. The molecule has 74 valence electrons. The molecule has 1 aliphatic rings. The third kappa shape index (κ3) is 1.14. The number of benzene rings is 1. The topological polar surface area (TPSA) is 17.3 Å². The summed E-state index contributed by atoms with van der Waals surface area (Å²) in [6.07, 6.45) is 0. The molecule has 0 saturated heterocycles. The van der Waals surface area contributed by atoms with E-state index in [0.717, 1.165) is 18.0 Å². The average molecular weight is 196 g/mol. The van der Waals surface area contributed by atoms with Crippen molar-refractivity contribution in [3.05, 3.63) is 48.3 Å². The van der Waals surface area contributed by atoms with Crippen LogP contribution in [0.2, 0.25) is 0 Å². The van der Waals surface area contributed by atoms with Gasteiger partial charge in [-0.2, -0.15) is 0 Å². The SMILES string of the molecule is C=C1Cn2c(cc3ccccc32)C(C)=N1. The van der Waals surface area contributed by atoms with Crippen molar-refractivity contribution in [1.82, 2.24) is 4.57 Å². The number of para-hydroxylation sites is 1. The molecule has 0 amide bonds. The molecule has 0 aliphatic carbocycles. The summed E-state index contributed by atoms with van der Waals surface area (Å²) in [5.74, 6) is 0. The van der Waals surface area contributed by atoms with Gasteiger partial charge in [0.25, 0.3) is 0 Å². The third-order valence-corrected chi connectivity index (χ3v) is 2.85. The number of allylic oxidation sites excluding steroid dienone is 1. The summed E-state index contributed by atoms with van der Waals surface area (Å²) in [5, 5.41) is 1.27. The van der Waals surface area contributed by atoms with Gasteiger partial charge < -0.3 is 4.57 Å². The standard InChI is InChI=1S/C13H12N2/c1-9-8-15-12-6-4-3-5-11(12)7-13(15)10(2)14-9/h3-7H,1,8H2,2H3. The van der Waals surface area contributed by atoms with E-state index >= 15 is 0 Å². The van der Waals surface area contributed by atoms with Crippen molar-refractivity contribution in [3.8, 4) is 0 Å². The summed E-state index contributed by atoms with van der Waals surface area (Å²) in [7, 11) is 0. The Hall–Kier alpha value is -1.83. The van der Waals surface area contributed by atoms with E-state index in [4.69, 9.17) is 0 Å². The van der Waals surface area contributed by atoms with Gasteiger partial charge in [-0.1, -0.05) is 24.8 Å². The molecular formula is C13H12N2. The van der Waals surface area contributed by atoms with Crippen LogP contribution in [0.25, 0.3) is 10.9 Å². The van der Waals surface area contributed by atoms with Crippen LogP contribution in [0.1, 0.15) is 12.6 Å². The first-order valence-corrected chi connectivity index (χ1v) is 5.07. The number of aromatic nitrogens is 1. The summed E-state index contributed by atoms with van der Waals surface area (Å²) in [6, 6.07) is 10.6. The number of hydrogen-bond donors (Lipinski definition) is 0. The van der Waals surface area contributed by atoms with Crippen molar-refractivity contribution >= 4 is 16.6 Å². The summed E-state index contributed by atoms with van der Waals surface area (Å²) < 4.78 is 2.28. The second kappa shape index (κ2) is 2.83. The van der Waals surface area contributed by atoms with Gasteiger partial charge in [0.2, 0.25) is 0 Å². The Labute approximate surface area is 88.6 Å². The summed E-state index contributed by atoms with van der Waals surface area (Å²) in [5.41, 5.74) is 4.47. The minimum atomic E-state index is 0.806. The van der Waals surface area contributed by atoms with Crippen LogP contribution in [0, 0.1) is 0 Å². The van der Waals surface area contributed by atoms with Gasteiger partial charge in [0.05, 0.1) is 23.6 Å². The predicted octanol–water partition coefficient (Wildman–Crippen LogP) is 2.98. The van der Waals surface area contributed by atoms with Crippen LogP contribution < -0.4 is 0 Å². The number of nitrogens with zero attached hydrogens (tertiary/aromatic N) is 2. The number of aliphatic imine (C=N–C) groups is 1. The fourth-order valence-corrected chi connectivity index (χ4v) is 2.19. The van der Waals surface area contributed by atoms with Crippen molar-refractivity contribution in [2.45, 2.75) is 13.5 Å². The molecule has 0 saturated carbocycles. The molecule has 0 bridgehead atoms. The smallest absolute Gasteiger partial charge is 0.0649 e. The van der Waals surface area contributed by atoms with Crippen molar-refractivity contribution in [1.29, 1.82) is 0 Å². The zero-order valence-electron chi connectivity index (χ0n) is 8.70. The largest absolute Gasteiger partial charge is 0.333 e. The highest BCUT2D eigenvalue weighted by atomic mass is 15.1. The quantitative estimate of drug-likeness (QED) is 0.616. The molecule has 1 aromatic carbocycles. The second-order valence-corrected chi connectivity index (χ2v) is 3.94. The van der Waals surface area contributed by atoms with Gasteiger partial charge in [0.15, 0.2) is 0 Å². The summed E-state index contributed by atoms with van der Waals surface area (Å²) in [4.78, 5) is 4.42. The highest BCUT2D eigenvalue weighted by molar-refractivity contribution is 6.03. The fourth-order valence-electron chi connectivity index (χ4n) is 2.19. The van der Waals surface area contributed by atoms with E-state index in [0.29, 0.717) is 0 Å². The second-order valence-electron chi connectivity index (χ2n) is 3.94. The lowest BCUT2D eigenvalue weighted by atomic mass is 10.2. The van der Waals surface area contributed by atoms with Crippen molar-refractivity contribution < 1.29 is 0 Å². The number of fused-ring (bicyclic) bond motifs is 3. The van der Waals surface area contributed by atoms with Gasteiger partial charge in [-0.05, 0) is 19.1 Å². The predicted molar refractivity (Wildman–Crippen MR) is 63.3 cm³/mol. The first-order valence-electron chi connectivity index (χ1n) is 5.07. The van der Waals surface area contributed by atoms with Crippen molar-refractivity contribution in [2.75, 3.05) is 0 Å². The maximum atomic E-state index is 4.42. The Morgan fingerprint density at radius 3 is 3.00 bits per heavy atom. The average Bonchev–Trinajstić information content (AvgIpc) is 2.57. The summed E-state index contributed by atoms with van der Waals surface area (Å²) in [6.45, 7) is 6.78. The van der Waals surface area contributed by atoms with Gasteiger partial charge in [-0.25, -0.2) is 0 Å². The molecule has 1 aliphatic heterocycles. The highest BCUT2D eigenvalue weighted by Gasteiger charge is 2.15. The lowest BCUT2D eigenvalue weighted by Gasteiger charge is -2.15. The lowest BCUT2D eigenvalue weighted by molar-refractivity contribution is 0.786. The van der Waals surface area contributed by atoms with Crippen LogP contribution >= 0.6 is 0 Å². The molecule has 0 spiro atoms. The molecule has 3 rings (SSSR count). The lowest BCUT2D eigenvalue weighted by Crippen LogP contribution is -2.13. The molecular weight excluding hydrogens is 184 g/mol.